The minimum Gasteiger partial charge on any atom is -0.486 e. The first-order valence-electron chi connectivity index (χ1n) is 10.2. The van der Waals surface area contributed by atoms with Crippen LogP contribution in [0.15, 0.2) is 59.5 Å². The fourth-order valence-corrected chi connectivity index (χ4v) is 4.81. The maximum atomic E-state index is 13.1. The van der Waals surface area contributed by atoms with Crippen molar-refractivity contribution in [1.29, 1.82) is 0 Å². The topological polar surface area (TPSA) is 93.7 Å². The molecular formula is C24H24N2O5S. The van der Waals surface area contributed by atoms with E-state index in [0.29, 0.717) is 41.7 Å². The van der Waals surface area contributed by atoms with Gasteiger partial charge in [0.15, 0.2) is 11.5 Å². The number of carbonyl (C=O) groups excluding carboxylic acids is 1. The molecule has 0 unspecified atom stereocenters. The molecule has 1 aliphatic heterocycles. The molecule has 8 heteroatoms. The summed E-state index contributed by atoms with van der Waals surface area (Å²) in [4.78, 5) is 12.9. The van der Waals surface area contributed by atoms with Gasteiger partial charge >= 0.3 is 0 Å². The number of amides is 1. The van der Waals surface area contributed by atoms with Crippen molar-refractivity contribution in [3.8, 4) is 11.5 Å². The van der Waals surface area contributed by atoms with Crippen LogP contribution in [0.3, 0.4) is 0 Å². The largest absolute Gasteiger partial charge is 0.486 e. The molecule has 166 valence electrons. The van der Waals surface area contributed by atoms with Crippen LogP contribution < -0.4 is 19.5 Å². The fraction of sp³-hybridized carbons (Fsp3) is 0.208. The van der Waals surface area contributed by atoms with E-state index in [1.165, 1.54) is 6.07 Å². The van der Waals surface area contributed by atoms with E-state index < -0.39 is 15.9 Å². The molecule has 0 aliphatic carbocycles. The lowest BCUT2D eigenvalue weighted by Crippen LogP contribution is -2.18. The molecule has 4 rings (SSSR count). The predicted octanol–water partition coefficient (Wildman–Crippen LogP) is 4.44. The van der Waals surface area contributed by atoms with E-state index in [4.69, 9.17) is 9.47 Å². The van der Waals surface area contributed by atoms with Gasteiger partial charge in [0, 0.05) is 17.3 Å². The fourth-order valence-electron chi connectivity index (χ4n) is 3.42. The van der Waals surface area contributed by atoms with Gasteiger partial charge in [-0.1, -0.05) is 18.2 Å². The Bertz CT molecular complexity index is 1300. The Morgan fingerprint density at radius 1 is 0.875 bits per heavy atom. The first-order valence-corrected chi connectivity index (χ1v) is 11.6. The number of hydrogen-bond acceptors (Lipinski definition) is 5. The number of aryl methyl sites for hydroxylation is 2. The van der Waals surface area contributed by atoms with Crippen molar-refractivity contribution in [1.82, 2.24) is 0 Å². The number of ether oxygens (including phenoxy) is 2. The van der Waals surface area contributed by atoms with E-state index in [2.05, 4.69) is 10.0 Å². The molecule has 1 amide bonds. The zero-order chi connectivity index (χ0) is 22.9. The Labute approximate surface area is 187 Å². The van der Waals surface area contributed by atoms with Gasteiger partial charge in [-0.05, 0) is 67.8 Å². The zero-order valence-corrected chi connectivity index (χ0v) is 18.9. The number of benzene rings is 3. The second-order valence-electron chi connectivity index (χ2n) is 7.65. The lowest BCUT2D eigenvalue weighted by molar-refractivity contribution is 0.102. The summed E-state index contributed by atoms with van der Waals surface area (Å²) in [5, 5.41) is 2.78. The van der Waals surface area contributed by atoms with Crippen molar-refractivity contribution in [2.24, 2.45) is 0 Å². The van der Waals surface area contributed by atoms with Gasteiger partial charge in [-0.15, -0.1) is 0 Å². The molecule has 0 saturated carbocycles. The van der Waals surface area contributed by atoms with Gasteiger partial charge in [-0.25, -0.2) is 8.42 Å². The quantitative estimate of drug-likeness (QED) is 0.597. The highest BCUT2D eigenvalue weighted by molar-refractivity contribution is 7.92. The first kappa shape index (κ1) is 21.7. The number of rotatable bonds is 5. The second-order valence-corrected chi connectivity index (χ2v) is 9.30. The van der Waals surface area contributed by atoms with Crippen molar-refractivity contribution in [3.63, 3.8) is 0 Å². The second kappa shape index (κ2) is 8.55. The molecule has 0 atom stereocenters. The summed E-state index contributed by atoms with van der Waals surface area (Å²) in [6.07, 6.45) is 0. The number of hydrogen-bond donors (Lipinski definition) is 2. The third kappa shape index (κ3) is 4.40. The molecular weight excluding hydrogens is 428 g/mol. The highest BCUT2D eigenvalue weighted by atomic mass is 32.2. The molecule has 7 nitrogen and oxygen atoms in total. The SMILES string of the molecule is Cc1ccc(C(=O)Nc2ccc3c(c2)OCCO3)cc1S(=O)(=O)Nc1cccc(C)c1C. The standard InChI is InChI=1S/C24H24N2O5S/c1-15-5-4-6-20(17(15)3)26-32(28,29)23-13-18(8-7-16(23)2)24(27)25-19-9-10-21-22(14-19)31-12-11-30-21/h4-10,13-14,26H,11-12H2,1-3H3,(H,25,27). The monoisotopic (exact) mass is 452 g/mol. The Morgan fingerprint density at radius 3 is 2.41 bits per heavy atom. The zero-order valence-electron chi connectivity index (χ0n) is 18.1. The van der Waals surface area contributed by atoms with Gasteiger partial charge in [0.05, 0.1) is 10.6 Å². The van der Waals surface area contributed by atoms with E-state index in [9.17, 15) is 13.2 Å². The van der Waals surface area contributed by atoms with Crippen LogP contribution in [0.1, 0.15) is 27.0 Å². The van der Waals surface area contributed by atoms with Crippen molar-refractivity contribution >= 4 is 27.3 Å². The summed E-state index contributed by atoms with van der Waals surface area (Å²) < 4.78 is 39.9. The van der Waals surface area contributed by atoms with Crippen LogP contribution >= 0.6 is 0 Å². The lowest BCUT2D eigenvalue weighted by Gasteiger charge is -2.19. The molecule has 0 fully saturated rings. The van der Waals surface area contributed by atoms with Crippen LogP contribution in [0.4, 0.5) is 11.4 Å². The molecule has 0 radical (unpaired) electrons. The third-order valence-corrected chi connectivity index (χ3v) is 6.90. The van der Waals surface area contributed by atoms with Gasteiger partial charge < -0.3 is 14.8 Å². The summed E-state index contributed by atoms with van der Waals surface area (Å²) in [5.41, 5.74) is 3.63. The minimum absolute atomic E-state index is 0.0493. The highest BCUT2D eigenvalue weighted by Gasteiger charge is 2.21. The van der Waals surface area contributed by atoms with Crippen LogP contribution in [0.5, 0.6) is 11.5 Å². The van der Waals surface area contributed by atoms with Crippen molar-refractivity contribution in [2.75, 3.05) is 23.3 Å². The van der Waals surface area contributed by atoms with Crippen molar-refractivity contribution < 1.29 is 22.7 Å². The van der Waals surface area contributed by atoms with Crippen LogP contribution in [0, 0.1) is 20.8 Å². The van der Waals surface area contributed by atoms with E-state index in [-0.39, 0.29) is 10.5 Å². The Balaban J connectivity index is 1.59. The molecule has 3 aromatic rings. The van der Waals surface area contributed by atoms with Gasteiger partial charge in [-0.2, -0.15) is 0 Å². The number of carbonyl (C=O) groups is 1. The highest BCUT2D eigenvalue weighted by Crippen LogP contribution is 2.33. The number of nitrogens with one attached hydrogen (secondary N) is 2. The summed E-state index contributed by atoms with van der Waals surface area (Å²) in [6, 6.07) is 15.1. The van der Waals surface area contributed by atoms with Gasteiger partial charge in [-0.3, -0.25) is 9.52 Å². The molecule has 3 aromatic carbocycles. The minimum atomic E-state index is -3.89. The van der Waals surface area contributed by atoms with E-state index >= 15 is 0 Å². The molecule has 32 heavy (non-hydrogen) atoms. The van der Waals surface area contributed by atoms with Gasteiger partial charge in [0.25, 0.3) is 15.9 Å². The number of fused-ring (bicyclic) bond motifs is 1. The van der Waals surface area contributed by atoms with Crippen LogP contribution in [-0.4, -0.2) is 27.5 Å². The van der Waals surface area contributed by atoms with E-state index in [1.54, 1.807) is 49.4 Å². The maximum Gasteiger partial charge on any atom is 0.262 e. The normalized spacial score (nSPS) is 12.8. The molecule has 2 N–H and O–H groups in total. The van der Waals surface area contributed by atoms with E-state index in [0.717, 1.165) is 11.1 Å². The number of sulfonamides is 1. The van der Waals surface area contributed by atoms with Gasteiger partial charge in [0.2, 0.25) is 0 Å². The molecule has 0 saturated heterocycles. The van der Waals surface area contributed by atoms with Crippen molar-refractivity contribution in [2.45, 2.75) is 25.7 Å². The van der Waals surface area contributed by atoms with Crippen molar-refractivity contribution in [3.05, 3.63) is 76.9 Å². The third-order valence-electron chi connectivity index (χ3n) is 5.39. The molecule has 1 heterocycles. The molecule has 0 bridgehead atoms. The van der Waals surface area contributed by atoms with Crippen LogP contribution in [0.2, 0.25) is 0 Å². The maximum absolute atomic E-state index is 13.1. The average molecular weight is 453 g/mol. The van der Waals surface area contributed by atoms with Crippen LogP contribution in [-0.2, 0) is 10.0 Å². The Kier molecular flexibility index (Phi) is 5.80. The lowest BCUT2D eigenvalue weighted by atomic mass is 10.1. The predicted molar refractivity (Wildman–Crippen MR) is 123 cm³/mol. The average Bonchev–Trinajstić information content (AvgIpc) is 2.77. The van der Waals surface area contributed by atoms with Gasteiger partial charge in [0.1, 0.15) is 13.2 Å². The summed E-state index contributed by atoms with van der Waals surface area (Å²) in [5.74, 6) is 0.749. The number of anilines is 2. The summed E-state index contributed by atoms with van der Waals surface area (Å²) in [7, 11) is -3.89. The molecule has 0 spiro atoms. The van der Waals surface area contributed by atoms with Crippen LogP contribution in [0.25, 0.3) is 0 Å². The Hall–Kier alpha value is -3.52. The van der Waals surface area contributed by atoms with E-state index in [1.807, 2.05) is 19.9 Å². The molecule has 1 aliphatic rings. The molecule has 0 aromatic heterocycles. The Morgan fingerprint density at radius 2 is 1.62 bits per heavy atom. The summed E-state index contributed by atoms with van der Waals surface area (Å²) >= 11 is 0. The summed E-state index contributed by atoms with van der Waals surface area (Å²) in [6.45, 7) is 6.39. The smallest absolute Gasteiger partial charge is 0.262 e. The first-order chi connectivity index (χ1) is 15.2.